The Morgan fingerprint density at radius 2 is 1.78 bits per heavy atom. The SMILES string of the molecule is CC(C)(C)OC(=O)CC[C@H](NC(=O)CSc1nc(N)nc2nc[nH]c12)C(=O)OC(C)(C)C. The maximum atomic E-state index is 12.6. The molecule has 11 nitrogen and oxygen atoms in total. The van der Waals surface area contributed by atoms with Gasteiger partial charge < -0.3 is 25.5 Å². The summed E-state index contributed by atoms with van der Waals surface area (Å²) < 4.78 is 10.7. The summed E-state index contributed by atoms with van der Waals surface area (Å²) >= 11 is 1.12. The zero-order valence-electron chi connectivity index (χ0n) is 19.1. The first kappa shape index (κ1) is 25.4. The second-order valence-corrected chi connectivity index (χ2v) is 10.0. The van der Waals surface area contributed by atoms with Gasteiger partial charge >= 0.3 is 11.9 Å². The molecule has 12 heteroatoms. The molecule has 0 saturated heterocycles. The molecular formula is C20H30N6O5S. The first-order valence-corrected chi connectivity index (χ1v) is 11.1. The number of aromatic nitrogens is 4. The van der Waals surface area contributed by atoms with E-state index in [0.717, 1.165) is 11.8 Å². The van der Waals surface area contributed by atoms with Crippen molar-refractivity contribution in [3.05, 3.63) is 6.33 Å². The van der Waals surface area contributed by atoms with Gasteiger partial charge in [0.05, 0.1) is 12.1 Å². The van der Waals surface area contributed by atoms with Crippen molar-refractivity contribution < 1.29 is 23.9 Å². The molecule has 2 aromatic heterocycles. The molecule has 0 radical (unpaired) electrons. The predicted molar refractivity (Wildman–Crippen MR) is 120 cm³/mol. The Morgan fingerprint density at radius 3 is 2.41 bits per heavy atom. The number of thioether (sulfide) groups is 1. The summed E-state index contributed by atoms with van der Waals surface area (Å²) in [6.45, 7) is 10.4. The largest absolute Gasteiger partial charge is 0.460 e. The number of imidazole rings is 1. The molecule has 176 valence electrons. The van der Waals surface area contributed by atoms with Gasteiger partial charge in [-0.25, -0.2) is 14.8 Å². The minimum absolute atomic E-state index is 0.0384. The van der Waals surface area contributed by atoms with Crippen LogP contribution < -0.4 is 11.1 Å². The standard InChI is InChI=1S/C20H30N6O5S/c1-19(2,3)30-13(28)8-7-11(17(29)31-20(4,5)6)24-12(27)9-32-16-14-15(23-10-22-14)25-18(21)26-16/h10-11H,7-9H2,1-6H3,(H,24,27)(H3,21,22,23,25,26)/t11-/m0/s1. The lowest BCUT2D eigenvalue weighted by atomic mass is 10.1. The van der Waals surface area contributed by atoms with Gasteiger partial charge in [0.15, 0.2) is 5.65 Å². The van der Waals surface area contributed by atoms with Crippen LogP contribution >= 0.6 is 11.8 Å². The lowest BCUT2D eigenvalue weighted by molar-refractivity contribution is -0.160. The topological polar surface area (TPSA) is 162 Å². The van der Waals surface area contributed by atoms with Gasteiger partial charge in [0.1, 0.15) is 27.8 Å². The number of nitrogens with two attached hydrogens (primary N) is 1. The van der Waals surface area contributed by atoms with Crippen LogP contribution in [0.5, 0.6) is 0 Å². The minimum Gasteiger partial charge on any atom is -0.460 e. The molecule has 0 bridgehead atoms. The number of nitrogens with one attached hydrogen (secondary N) is 2. The van der Waals surface area contributed by atoms with Gasteiger partial charge in [-0.05, 0) is 48.0 Å². The van der Waals surface area contributed by atoms with E-state index in [9.17, 15) is 14.4 Å². The highest BCUT2D eigenvalue weighted by Crippen LogP contribution is 2.23. The Balaban J connectivity index is 2.03. The van der Waals surface area contributed by atoms with E-state index in [1.807, 2.05) is 0 Å². The number of rotatable bonds is 8. The second kappa shape index (κ2) is 10.2. The monoisotopic (exact) mass is 466 g/mol. The van der Waals surface area contributed by atoms with Gasteiger partial charge in [0.2, 0.25) is 11.9 Å². The zero-order chi connectivity index (χ0) is 24.1. The molecule has 32 heavy (non-hydrogen) atoms. The summed E-state index contributed by atoms with van der Waals surface area (Å²) in [6.07, 6.45) is 1.45. The first-order chi connectivity index (χ1) is 14.7. The number of aromatic amines is 1. The van der Waals surface area contributed by atoms with Crippen LogP contribution in [0.25, 0.3) is 11.2 Å². The van der Waals surface area contributed by atoms with Crippen molar-refractivity contribution in [1.29, 1.82) is 0 Å². The molecule has 0 spiro atoms. The molecular weight excluding hydrogens is 436 g/mol. The smallest absolute Gasteiger partial charge is 0.329 e. The molecule has 0 aliphatic heterocycles. The molecule has 0 saturated carbocycles. The third-order valence-corrected chi connectivity index (χ3v) is 4.67. The number of nitrogens with zero attached hydrogens (tertiary/aromatic N) is 3. The first-order valence-electron chi connectivity index (χ1n) is 10.1. The van der Waals surface area contributed by atoms with Gasteiger partial charge in [-0.3, -0.25) is 9.59 Å². The van der Waals surface area contributed by atoms with Crippen LogP contribution in [0.15, 0.2) is 11.4 Å². The lowest BCUT2D eigenvalue weighted by Crippen LogP contribution is -2.45. The summed E-state index contributed by atoms with van der Waals surface area (Å²) in [5, 5.41) is 3.10. The zero-order valence-corrected chi connectivity index (χ0v) is 20.0. The molecule has 4 N–H and O–H groups in total. The van der Waals surface area contributed by atoms with Crippen LogP contribution in [0.1, 0.15) is 54.4 Å². The quantitative estimate of drug-likeness (QED) is 0.298. The molecule has 0 aliphatic rings. The van der Waals surface area contributed by atoms with Crippen LogP contribution in [-0.2, 0) is 23.9 Å². The molecule has 2 aromatic rings. The number of anilines is 1. The van der Waals surface area contributed by atoms with Crippen LogP contribution in [0.3, 0.4) is 0 Å². The van der Waals surface area contributed by atoms with Gasteiger partial charge in [-0.1, -0.05) is 11.8 Å². The van der Waals surface area contributed by atoms with Crippen molar-refractivity contribution in [3.63, 3.8) is 0 Å². The second-order valence-electron chi connectivity index (χ2n) is 9.06. The summed E-state index contributed by atoms with van der Waals surface area (Å²) in [7, 11) is 0. The number of hydrogen-bond acceptors (Lipinski definition) is 10. The molecule has 1 amide bonds. The van der Waals surface area contributed by atoms with Crippen molar-refractivity contribution in [3.8, 4) is 0 Å². The van der Waals surface area contributed by atoms with Gasteiger partial charge in [-0.2, -0.15) is 4.98 Å². The number of hydrogen-bond donors (Lipinski definition) is 3. The number of ether oxygens (including phenoxy) is 2. The van der Waals surface area contributed by atoms with Crippen LogP contribution in [0.2, 0.25) is 0 Å². The van der Waals surface area contributed by atoms with E-state index in [-0.39, 0.29) is 24.5 Å². The van der Waals surface area contributed by atoms with Gasteiger partial charge in [0.25, 0.3) is 0 Å². The van der Waals surface area contributed by atoms with E-state index in [1.165, 1.54) is 6.33 Å². The Morgan fingerprint density at radius 1 is 1.12 bits per heavy atom. The Labute approximate surface area is 190 Å². The highest BCUT2D eigenvalue weighted by Gasteiger charge is 2.28. The number of carbonyl (C=O) groups excluding carboxylic acids is 3. The molecule has 2 heterocycles. The van der Waals surface area contributed by atoms with E-state index in [2.05, 4.69) is 25.3 Å². The Kier molecular flexibility index (Phi) is 8.05. The van der Waals surface area contributed by atoms with Crippen molar-refractivity contribution in [2.75, 3.05) is 11.5 Å². The van der Waals surface area contributed by atoms with E-state index < -0.39 is 35.1 Å². The number of H-pyrrole nitrogens is 1. The number of nitrogen functional groups attached to an aromatic ring is 1. The predicted octanol–water partition coefficient (Wildman–Crippen LogP) is 1.98. The van der Waals surface area contributed by atoms with Crippen LogP contribution in [-0.4, -0.2) is 60.8 Å². The van der Waals surface area contributed by atoms with E-state index >= 15 is 0 Å². The number of carbonyl (C=O) groups is 3. The van der Waals surface area contributed by atoms with E-state index in [1.54, 1.807) is 41.5 Å². The third-order valence-electron chi connectivity index (χ3n) is 3.69. The van der Waals surface area contributed by atoms with Crippen molar-refractivity contribution in [1.82, 2.24) is 25.3 Å². The van der Waals surface area contributed by atoms with E-state index in [0.29, 0.717) is 16.2 Å². The Bertz CT molecular complexity index is 979. The summed E-state index contributed by atoms with van der Waals surface area (Å²) in [5.74, 6) is -1.53. The summed E-state index contributed by atoms with van der Waals surface area (Å²) in [6, 6.07) is -1.00. The number of esters is 2. The summed E-state index contributed by atoms with van der Waals surface area (Å²) in [4.78, 5) is 52.3. The van der Waals surface area contributed by atoms with E-state index in [4.69, 9.17) is 15.2 Å². The average molecular weight is 467 g/mol. The molecule has 0 fully saturated rings. The minimum atomic E-state index is -1.00. The lowest BCUT2D eigenvalue weighted by Gasteiger charge is -2.25. The maximum absolute atomic E-state index is 12.6. The van der Waals surface area contributed by atoms with Crippen LogP contribution in [0, 0.1) is 0 Å². The molecule has 0 aromatic carbocycles. The average Bonchev–Trinajstić information content (AvgIpc) is 3.08. The molecule has 0 aliphatic carbocycles. The number of fused-ring (bicyclic) bond motifs is 1. The Hall–Kier alpha value is -2.89. The van der Waals surface area contributed by atoms with Crippen LogP contribution in [0.4, 0.5) is 5.95 Å². The fraction of sp³-hybridized carbons (Fsp3) is 0.600. The number of amides is 1. The third kappa shape index (κ3) is 8.33. The normalized spacial score (nSPS) is 12.9. The molecule has 2 rings (SSSR count). The van der Waals surface area contributed by atoms with Crippen molar-refractivity contribution in [2.24, 2.45) is 0 Å². The van der Waals surface area contributed by atoms with Crippen molar-refractivity contribution >= 4 is 46.7 Å². The molecule has 1 atom stereocenters. The fourth-order valence-corrected chi connectivity index (χ4v) is 3.38. The maximum Gasteiger partial charge on any atom is 0.329 e. The summed E-state index contributed by atoms with van der Waals surface area (Å²) in [5.41, 5.74) is 5.25. The van der Waals surface area contributed by atoms with Crippen molar-refractivity contribution in [2.45, 2.75) is 76.7 Å². The van der Waals surface area contributed by atoms with Gasteiger partial charge in [0, 0.05) is 6.42 Å². The molecule has 0 unspecified atom stereocenters. The highest BCUT2D eigenvalue weighted by molar-refractivity contribution is 8.00. The highest BCUT2D eigenvalue weighted by atomic mass is 32.2. The fourth-order valence-electron chi connectivity index (χ4n) is 2.57. The van der Waals surface area contributed by atoms with Gasteiger partial charge in [-0.15, -0.1) is 0 Å².